The molecule has 0 fully saturated rings. The minimum atomic E-state index is -2.64. The fourth-order valence-electron chi connectivity index (χ4n) is 1.82. The highest BCUT2D eigenvalue weighted by molar-refractivity contribution is 5.41. The van der Waals surface area contributed by atoms with Crippen LogP contribution >= 0.6 is 0 Å². The molecule has 5 nitrogen and oxygen atoms in total. The fourth-order valence-corrected chi connectivity index (χ4v) is 1.82. The first-order chi connectivity index (χ1) is 9.61. The van der Waals surface area contributed by atoms with Crippen LogP contribution in [-0.2, 0) is 13.1 Å². The Balaban J connectivity index is 1.94. The third kappa shape index (κ3) is 3.24. The van der Waals surface area contributed by atoms with Gasteiger partial charge >= 0.3 is 6.55 Å². The summed E-state index contributed by atoms with van der Waals surface area (Å²) >= 11 is 0. The molecule has 0 spiro atoms. The maximum atomic E-state index is 12.6. The number of aromatic hydroxyl groups is 1. The molecule has 7 heteroatoms. The SMILES string of the molecule is COc1cc(CNCc2ccnn2C(F)F)ccc1O. The van der Waals surface area contributed by atoms with Crippen molar-refractivity contribution in [2.45, 2.75) is 19.6 Å². The number of nitrogens with one attached hydrogen (secondary N) is 1. The van der Waals surface area contributed by atoms with Crippen molar-refractivity contribution >= 4 is 0 Å². The van der Waals surface area contributed by atoms with Gasteiger partial charge in [-0.2, -0.15) is 13.9 Å². The molecule has 108 valence electrons. The maximum Gasteiger partial charge on any atom is 0.333 e. The van der Waals surface area contributed by atoms with Crippen LogP contribution in [0.15, 0.2) is 30.5 Å². The average molecular weight is 283 g/mol. The number of phenolic OH excluding ortho intramolecular Hbond substituents is 1. The van der Waals surface area contributed by atoms with Crippen molar-refractivity contribution in [1.29, 1.82) is 0 Å². The van der Waals surface area contributed by atoms with Crippen molar-refractivity contribution in [2.24, 2.45) is 0 Å². The highest BCUT2D eigenvalue weighted by Gasteiger charge is 2.11. The molecule has 0 saturated heterocycles. The van der Waals surface area contributed by atoms with Gasteiger partial charge in [-0.05, 0) is 23.8 Å². The third-order valence-corrected chi connectivity index (χ3v) is 2.82. The minimum Gasteiger partial charge on any atom is -0.504 e. The van der Waals surface area contributed by atoms with Crippen LogP contribution in [0.5, 0.6) is 11.5 Å². The van der Waals surface area contributed by atoms with E-state index in [1.165, 1.54) is 25.4 Å². The lowest BCUT2D eigenvalue weighted by Crippen LogP contribution is -2.16. The first-order valence-corrected chi connectivity index (χ1v) is 5.99. The fraction of sp³-hybridized carbons (Fsp3) is 0.308. The van der Waals surface area contributed by atoms with Gasteiger partial charge in [-0.1, -0.05) is 6.07 Å². The zero-order chi connectivity index (χ0) is 14.5. The Morgan fingerprint density at radius 1 is 1.35 bits per heavy atom. The van der Waals surface area contributed by atoms with Gasteiger partial charge in [0.15, 0.2) is 11.5 Å². The summed E-state index contributed by atoms with van der Waals surface area (Å²) < 4.78 is 30.8. The van der Waals surface area contributed by atoms with Crippen molar-refractivity contribution < 1.29 is 18.6 Å². The van der Waals surface area contributed by atoms with Crippen molar-refractivity contribution in [3.63, 3.8) is 0 Å². The Labute approximate surface area is 114 Å². The number of benzene rings is 1. The molecule has 0 saturated carbocycles. The van der Waals surface area contributed by atoms with Gasteiger partial charge in [0.05, 0.1) is 12.8 Å². The molecule has 2 N–H and O–H groups in total. The highest BCUT2D eigenvalue weighted by atomic mass is 19.3. The van der Waals surface area contributed by atoms with Gasteiger partial charge in [0.1, 0.15) is 0 Å². The molecule has 0 bridgehead atoms. The highest BCUT2D eigenvalue weighted by Crippen LogP contribution is 2.26. The zero-order valence-electron chi connectivity index (χ0n) is 10.9. The van der Waals surface area contributed by atoms with Crippen LogP contribution in [0.2, 0.25) is 0 Å². The molecule has 1 aromatic heterocycles. The number of halogens is 2. The molecule has 0 aliphatic carbocycles. The number of aromatic nitrogens is 2. The second-order valence-electron chi connectivity index (χ2n) is 4.15. The smallest absolute Gasteiger partial charge is 0.333 e. The van der Waals surface area contributed by atoms with Gasteiger partial charge in [-0.15, -0.1) is 0 Å². The molecule has 0 aliphatic heterocycles. The molecule has 0 aliphatic rings. The second kappa shape index (κ2) is 6.33. The zero-order valence-corrected chi connectivity index (χ0v) is 10.9. The average Bonchev–Trinajstić information content (AvgIpc) is 2.89. The molecular formula is C13H15F2N3O2. The second-order valence-corrected chi connectivity index (χ2v) is 4.15. The number of alkyl halides is 2. The quantitative estimate of drug-likeness (QED) is 0.854. The summed E-state index contributed by atoms with van der Waals surface area (Å²) in [5.74, 6) is 0.439. The van der Waals surface area contributed by atoms with Gasteiger partial charge < -0.3 is 15.2 Å². The number of hydrogen-bond donors (Lipinski definition) is 2. The normalized spacial score (nSPS) is 11.0. The van der Waals surface area contributed by atoms with Gasteiger partial charge in [0, 0.05) is 19.3 Å². The number of ether oxygens (including phenoxy) is 1. The number of nitrogens with zero attached hydrogens (tertiary/aromatic N) is 2. The Morgan fingerprint density at radius 3 is 2.85 bits per heavy atom. The Bertz CT molecular complexity index is 572. The molecule has 0 atom stereocenters. The Kier molecular flexibility index (Phi) is 4.52. The Hall–Kier alpha value is -2.15. The summed E-state index contributed by atoms with van der Waals surface area (Å²) in [6.45, 7) is -1.91. The predicted molar refractivity (Wildman–Crippen MR) is 68.7 cm³/mol. The topological polar surface area (TPSA) is 59.3 Å². The predicted octanol–water partition coefficient (Wildman–Crippen LogP) is 2.28. The van der Waals surface area contributed by atoms with Crippen molar-refractivity contribution in [2.75, 3.05) is 7.11 Å². The van der Waals surface area contributed by atoms with E-state index in [1.807, 2.05) is 0 Å². The molecule has 1 aromatic carbocycles. The van der Waals surface area contributed by atoms with E-state index in [0.29, 0.717) is 22.7 Å². The largest absolute Gasteiger partial charge is 0.504 e. The number of hydrogen-bond acceptors (Lipinski definition) is 4. The van der Waals surface area contributed by atoms with E-state index in [4.69, 9.17) is 4.74 Å². The van der Waals surface area contributed by atoms with Gasteiger partial charge in [-0.25, -0.2) is 4.68 Å². The van der Waals surface area contributed by atoms with Crippen LogP contribution in [0.25, 0.3) is 0 Å². The number of methoxy groups -OCH3 is 1. The summed E-state index contributed by atoms with van der Waals surface area (Å²) in [5.41, 5.74) is 1.29. The summed E-state index contributed by atoms with van der Waals surface area (Å²) in [4.78, 5) is 0. The first-order valence-electron chi connectivity index (χ1n) is 5.99. The molecular weight excluding hydrogens is 268 g/mol. The van der Waals surface area contributed by atoms with E-state index in [0.717, 1.165) is 5.56 Å². The van der Waals surface area contributed by atoms with Gasteiger partial charge in [0.2, 0.25) is 0 Å². The molecule has 20 heavy (non-hydrogen) atoms. The standard InChI is InChI=1S/C13H15F2N3O2/c1-20-12-6-9(2-3-11(12)19)7-16-8-10-4-5-17-18(10)13(14)15/h2-6,13,16,19H,7-8H2,1H3. The van der Waals surface area contributed by atoms with Crippen molar-refractivity contribution in [3.8, 4) is 11.5 Å². The van der Waals surface area contributed by atoms with Crippen molar-refractivity contribution in [1.82, 2.24) is 15.1 Å². The summed E-state index contributed by atoms with van der Waals surface area (Å²) in [7, 11) is 1.47. The van der Waals surface area contributed by atoms with Crippen LogP contribution in [-0.4, -0.2) is 22.0 Å². The van der Waals surface area contributed by atoms with Crippen LogP contribution in [0.1, 0.15) is 17.8 Å². The van der Waals surface area contributed by atoms with Crippen LogP contribution < -0.4 is 10.1 Å². The molecule has 0 unspecified atom stereocenters. The molecule has 1 heterocycles. The van der Waals surface area contributed by atoms with E-state index in [-0.39, 0.29) is 12.3 Å². The Morgan fingerprint density at radius 2 is 2.15 bits per heavy atom. The molecule has 2 aromatic rings. The summed E-state index contributed by atoms with van der Waals surface area (Å²) in [6.07, 6.45) is 1.34. The summed E-state index contributed by atoms with van der Waals surface area (Å²) in [6, 6.07) is 6.48. The maximum absolute atomic E-state index is 12.6. The van der Waals surface area contributed by atoms with E-state index < -0.39 is 6.55 Å². The molecule has 2 rings (SSSR count). The number of phenols is 1. The van der Waals surface area contributed by atoms with Crippen LogP contribution in [0.3, 0.4) is 0 Å². The van der Waals surface area contributed by atoms with Crippen molar-refractivity contribution in [3.05, 3.63) is 41.7 Å². The van der Waals surface area contributed by atoms with E-state index in [2.05, 4.69) is 10.4 Å². The van der Waals surface area contributed by atoms with Gasteiger partial charge in [-0.3, -0.25) is 0 Å². The van der Waals surface area contributed by atoms with Crippen LogP contribution in [0.4, 0.5) is 8.78 Å². The van der Waals surface area contributed by atoms with E-state index >= 15 is 0 Å². The molecule has 0 radical (unpaired) electrons. The lowest BCUT2D eigenvalue weighted by molar-refractivity contribution is 0.0531. The summed E-state index contributed by atoms with van der Waals surface area (Å²) in [5, 5.41) is 16.1. The first kappa shape index (κ1) is 14.3. The molecule has 0 amide bonds. The third-order valence-electron chi connectivity index (χ3n) is 2.82. The lowest BCUT2D eigenvalue weighted by atomic mass is 10.2. The minimum absolute atomic E-state index is 0.0621. The van der Waals surface area contributed by atoms with Gasteiger partial charge in [0.25, 0.3) is 0 Å². The van der Waals surface area contributed by atoms with E-state index in [1.54, 1.807) is 12.1 Å². The lowest BCUT2D eigenvalue weighted by Gasteiger charge is -2.09. The van der Waals surface area contributed by atoms with E-state index in [9.17, 15) is 13.9 Å². The number of rotatable bonds is 6. The monoisotopic (exact) mass is 283 g/mol. The van der Waals surface area contributed by atoms with Crippen LogP contribution in [0, 0.1) is 0 Å².